The van der Waals surface area contributed by atoms with Crippen LogP contribution >= 0.6 is 0 Å². The SMILES string of the molecule is CC(C)(C)OC(=O)NCCC1CCNC(C(F)(F)F)C1. The number of alkyl halides is 3. The van der Waals surface area contributed by atoms with Crippen molar-refractivity contribution in [2.24, 2.45) is 5.92 Å². The van der Waals surface area contributed by atoms with E-state index in [0.717, 1.165) is 0 Å². The van der Waals surface area contributed by atoms with Crippen LogP contribution in [0, 0.1) is 5.92 Å². The summed E-state index contributed by atoms with van der Waals surface area (Å²) in [7, 11) is 0. The highest BCUT2D eigenvalue weighted by Crippen LogP contribution is 2.30. The van der Waals surface area contributed by atoms with Crippen LogP contribution in [0.15, 0.2) is 0 Å². The molecule has 2 unspecified atom stereocenters. The Bertz CT molecular complexity index is 327. The summed E-state index contributed by atoms with van der Waals surface area (Å²) in [5.41, 5.74) is -0.569. The molecule has 20 heavy (non-hydrogen) atoms. The largest absolute Gasteiger partial charge is 0.444 e. The van der Waals surface area contributed by atoms with Gasteiger partial charge in [-0.1, -0.05) is 0 Å². The van der Waals surface area contributed by atoms with Crippen molar-refractivity contribution in [2.45, 2.75) is 57.9 Å². The van der Waals surface area contributed by atoms with Gasteiger partial charge >= 0.3 is 12.3 Å². The Hall–Kier alpha value is -0.980. The van der Waals surface area contributed by atoms with E-state index in [2.05, 4.69) is 10.6 Å². The monoisotopic (exact) mass is 296 g/mol. The number of amides is 1. The van der Waals surface area contributed by atoms with Gasteiger partial charge in [-0.2, -0.15) is 13.2 Å². The van der Waals surface area contributed by atoms with Gasteiger partial charge in [0, 0.05) is 6.54 Å². The van der Waals surface area contributed by atoms with E-state index < -0.39 is 23.9 Å². The molecular weight excluding hydrogens is 273 g/mol. The third kappa shape index (κ3) is 6.45. The van der Waals surface area contributed by atoms with Crippen LogP contribution in [0.25, 0.3) is 0 Å². The number of carbonyl (C=O) groups is 1. The highest BCUT2D eigenvalue weighted by molar-refractivity contribution is 5.67. The van der Waals surface area contributed by atoms with Crippen LogP contribution in [0.5, 0.6) is 0 Å². The van der Waals surface area contributed by atoms with Gasteiger partial charge in [-0.25, -0.2) is 4.79 Å². The zero-order valence-corrected chi connectivity index (χ0v) is 12.1. The molecule has 1 aliphatic rings. The van der Waals surface area contributed by atoms with Gasteiger partial charge in [-0.05, 0) is 52.5 Å². The average molecular weight is 296 g/mol. The molecule has 1 saturated heterocycles. The summed E-state index contributed by atoms with van der Waals surface area (Å²) in [5.74, 6) is -0.0298. The Morgan fingerprint density at radius 1 is 1.35 bits per heavy atom. The van der Waals surface area contributed by atoms with Gasteiger partial charge in [-0.15, -0.1) is 0 Å². The van der Waals surface area contributed by atoms with E-state index in [-0.39, 0.29) is 12.3 Å². The molecule has 2 N–H and O–H groups in total. The number of rotatable bonds is 3. The molecule has 0 aromatic heterocycles. The molecule has 1 fully saturated rings. The van der Waals surface area contributed by atoms with Gasteiger partial charge in [0.05, 0.1) is 0 Å². The van der Waals surface area contributed by atoms with Crippen LogP contribution in [0.4, 0.5) is 18.0 Å². The first-order chi connectivity index (χ1) is 9.08. The first-order valence-corrected chi connectivity index (χ1v) is 6.85. The molecule has 1 heterocycles. The van der Waals surface area contributed by atoms with Crippen molar-refractivity contribution in [3.05, 3.63) is 0 Å². The van der Waals surface area contributed by atoms with Crippen LogP contribution in [-0.4, -0.2) is 37.0 Å². The molecule has 1 amide bonds. The topological polar surface area (TPSA) is 50.4 Å². The maximum Gasteiger partial charge on any atom is 0.407 e. The molecular formula is C13H23F3N2O2. The quantitative estimate of drug-likeness (QED) is 0.842. The van der Waals surface area contributed by atoms with Crippen molar-refractivity contribution in [3.63, 3.8) is 0 Å². The van der Waals surface area contributed by atoms with Crippen LogP contribution in [0.3, 0.4) is 0 Å². The number of ether oxygens (including phenoxy) is 1. The molecule has 4 nitrogen and oxygen atoms in total. The Balaban J connectivity index is 2.27. The van der Waals surface area contributed by atoms with E-state index in [4.69, 9.17) is 4.74 Å². The molecule has 0 radical (unpaired) electrons. The third-order valence-corrected chi connectivity index (χ3v) is 3.13. The molecule has 0 bridgehead atoms. The van der Waals surface area contributed by atoms with E-state index >= 15 is 0 Å². The average Bonchev–Trinajstić information content (AvgIpc) is 2.25. The van der Waals surface area contributed by atoms with Gasteiger partial charge < -0.3 is 15.4 Å². The number of halogens is 3. The second-order valence-electron chi connectivity index (χ2n) is 6.16. The molecule has 0 aromatic rings. The van der Waals surface area contributed by atoms with Gasteiger partial charge in [0.25, 0.3) is 0 Å². The van der Waals surface area contributed by atoms with Gasteiger partial charge in [0.1, 0.15) is 11.6 Å². The molecule has 0 aromatic carbocycles. The van der Waals surface area contributed by atoms with Crippen molar-refractivity contribution in [2.75, 3.05) is 13.1 Å². The molecule has 2 atom stereocenters. The summed E-state index contributed by atoms with van der Waals surface area (Å²) < 4.78 is 42.9. The van der Waals surface area contributed by atoms with Crippen molar-refractivity contribution in [3.8, 4) is 0 Å². The molecule has 1 aliphatic heterocycles. The number of hydrogen-bond acceptors (Lipinski definition) is 3. The molecule has 1 rings (SSSR count). The molecule has 7 heteroatoms. The van der Waals surface area contributed by atoms with E-state index in [0.29, 0.717) is 25.9 Å². The zero-order valence-electron chi connectivity index (χ0n) is 12.1. The van der Waals surface area contributed by atoms with Crippen LogP contribution < -0.4 is 10.6 Å². The summed E-state index contributed by atoms with van der Waals surface area (Å²) in [4.78, 5) is 11.4. The minimum atomic E-state index is -4.20. The Labute approximate surface area is 117 Å². The maximum absolute atomic E-state index is 12.6. The summed E-state index contributed by atoms with van der Waals surface area (Å²) >= 11 is 0. The lowest BCUT2D eigenvalue weighted by atomic mass is 9.89. The summed E-state index contributed by atoms with van der Waals surface area (Å²) in [5, 5.41) is 5.06. The maximum atomic E-state index is 12.6. The second kappa shape index (κ2) is 6.65. The van der Waals surface area contributed by atoms with Gasteiger partial charge in [-0.3, -0.25) is 0 Å². The third-order valence-electron chi connectivity index (χ3n) is 3.13. The molecule has 0 aliphatic carbocycles. The van der Waals surface area contributed by atoms with E-state index in [1.54, 1.807) is 20.8 Å². The number of piperidine rings is 1. The Morgan fingerprint density at radius 3 is 2.55 bits per heavy atom. The fraction of sp³-hybridized carbons (Fsp3) is 0.923. The molecule has 0 spiro atoms. The van der Waals surface area contributed by atoms with E-state index in [9.17, 15) is 18.0 Å². The fourth-order valence-corrected chi connectivity index (χ4v) is 2.20. The Kier molecular flexibility index (Phi) is 5.68. The van der Waals surface area contributed by atoms with Crippen LogP contribution in [0.1, 0.15) is 40.0 Å². The summed E-state index contributed by atoms with van der Waals surface area (Å²) in [6.45, 7) is 5.97. The summed E-state index contributed by atoms with van der Waals surface area (Å²) in [6, 6.07) is -1.43. The van der Waals surface area contributed by atoms with Crippen LogP contribution in [0.2, 0.25) is 0 Å². The first-order valence-electron chi connectivity index (χ1n) is 6.85. The minimum absolute atomic E-state index is 0.0298. The highest BCUT2D eigenvalue weighted by Gasteiger charge is 2.42. The number of carbonyl (C=O) groups excluding carboxylic acids is 1. The van der Waals surface area contributed by atoms with E-state index in [1.165, 1.54) is 0 Å². The number of hydrogen-bond donors (Lipinski definition) is 2. The fourth-order valence-electron chi connectivity index (χ4n) is 2.20. The van der Waals surface area contributed by atoms with Crippen molar-refractivity contribution in [1.29, 1.82) is 0 Å². The highest BCUT2D eigenvalue weighted by atomic mass is 19.4. The lowest BCUT2D eigenvalue weighted by Gasteiger charge is -2.31. The second-order valence-corrected chi connectivity index (χ2v) is 6.16. The lowest BCUT2D eigenvalue weighted by molar-refractivity contribution is -0.163. The normalized spacial score (nSPS) is 24.3. The predicted octanol–water partition coefficient (Wildman–Crippen LogP) is 2.83. The van der Waals surface area contributed by atoms with E-state index in [1.807, 2.05) is 0 Å². The van der Waals surface area contributed by atoms with Crippen molar-refractivity contribution in [1.82, 2.24) is 10.6 Å². The smallest absolute Gasteiger partial charge is 0.407 e. The van der Waals surface area contributed by atoms with Gasteiger partial charge in [0.2, 0.25) is 0 Å². The lowest BCUT2D eigenvalue weighted by Crippen LogP contribution is -2.48. The summed E-state index contributed by atoms with van der Waals surface area (Å²) in [6.07, 6.45) is -3.42. The Morgan fingerprint density at radius 2 is 2.00 bits per heavy atom. The molecule has 118 valence electrons. The van der Waals surface area contributed by atoms with Crippen molar-refractivity contribution < 1.29 is 22.7 Å². The number of nitrogens with one attached hydrogen (secondary N) is 2. The van der Waals surface area contributed by atoms with Gasteiger partial charge in [0.15, 0.2) is 0 Å². The number of alkyl carbamates (subject to hydrolysis) is 1. The van der Waals surface area contributed by atoms with Crippen LogP contribution in [-0.2, 0) is 4.74 Å². The predicted molar refractivity (Wildman–Crippen MR) is 69.4 cm³/mol. The standard InChI is InChI=1S/C13H23F3N2O2/c1-12(2,3)20-11(19)18-7-5-9-4-6-17-10(8-9)13(14,15)16/h9-10,17H,4-8H2,1-3H3,(H,18,19). The van der Waals surface area contributed by atoms with Crippen molar-refractivity contribution >= 4 is 6.09 Å². The first kappa shape index (κ1) is 17.1. The molecule has 0 saturated carbocycles. The zero-order chi connectivity index (χ0) is 15.4. The minimum Gasteiger partial charge on any atom is -0.444 e.